The molecule has 1 aliphatic rings. The van der Waals surface area contributed by atoms with Gasteiger partial charge in [-0.1, -0.05) is 19.3 Å². The molecule has 1 N–H and O–H groups in total. The predicted molar refractivity (Wildman–Crippen MR) is 53.0 cm³/mol. The Morgan fingerprint density at radius 1 is 1.18 bits per heavy atom. The molecule has 1 fully saturated rings. The quantitative estimate of drug-likeness (QED) is 0.798. The molecule has 0 spiro atoms. The van der Waals surface area contributed by atoms with E-state index in [0.717, 1.165) is 6.42 Å². The maximum absolute atomic E-state index is 12.5. The highest BCUT2D eigenvalue weighted by Gasteiger charge is 2.54. The van der Waals surface area contributed by atoms with Crippen molar-refractivity contribution in [3.63, 3.8) is 0 Å². The fourth-order valence-corrected chi connectivity index (χ4v) is 2.90. The first-order chi connectivity index (χ1) is 7.64. The summed E-state index contributed by atoms with van der Waals surface area (Å²) in [6.45, 7) is 0. The van der Waals surface area contributed by atoms with Crippen LogP contribution in [0.5, 0.6) is 0 Å². The van der Waals surface area contributed by atoms with Gasteiger partial charge in [0.15, 0.2) is 5.78 Å². The van der Waals surface area contributed by atoms with Gasteiger partial charge in [-0.25, -0.2) is 0 Å². The van der Waals surface area contributed by atoms with Crippen molar-refractivity contribution in [1.29, 1.82) is 0 Å². The molecular weight excluding hydrogens is 261 g/mol. The smallest absolute Gasteiger partial charge is 0.297 e. The lowest BCUT2D eigenvalue weighted by molar-refractivity contribution is -0.153. The summed E-state index contributed by atoms with van der Waals surface area (Å²) in [6.07, 6.45) is -2.73. The van der Waals surface area contributed by atoms with E-state index in [1.165, 1.54) is 0 Å². The van der Waals surface area contributed by atoms with Crippen LogP contribution in [0.1, 0.15) is 32.1 Å². The third kappa shape index (κ3) is 3.67. The van der Waals surface area contributed by atoms with Crippen LogP contribution in [0.4, 0.5) is 13.2 Å². The number of ketones is 1. The summed E-state index contributed by atoms with van der Waals surface area (Å²) in [5, 5.41) is -3.29. The third-order valence-corrected chi connectivity index (χ3v) is 3.96. The SMILES string of the molecule is O=C(C1CCCCC1)C(C(F)(F)F)S(=O)(=O)O. The van der Waals surface area contributed by atoms with E-state index >= 15 is 0 Å². The van der Waals surface area contributed by atoms with Crippen LogP contribution in [0.15, 0.2) is 0 Å². The number of halogens is 3. The van der Waals surface area contributed by atoms with Gasteiger partial charge in [-0.2, -0.15) is 21.6 Å². The van der Waals surface area contributed by atoms with Gasteiger partial charge in [0.05, 0.1) is 0 Å². The highest BCUT2D eigenvalue weighted by Crippen LogP contribution is 2.33. The van der Waals surface area contributed by atoms with Crippen molar-refractivity contribution in [2.24, 2.45) is 5.92 Å². The fourth-order valence-electron chi connectivity index (χ4n) is 2.08. The van der Waals surface area contributed by atoms with Crippen LogP contribution in [-0.4, -0.2) is 30.2 Å². The van der Waals surface area contributed by atoms with E-state index in [2.05, 4.69) is 0 Å². The first kappa shape index (κ1) is 14.4. The normalized spacial score (nSPS) is 21.2. The fraction of sp³-hybridized carbons (Fsp3) is 0.889. The lowest BCUT2D eigenvalue weighted by atomic mass is 9.85. The number of hydrogen-bond acceptors (Lipinski definition) is 3. The average molecular weight is 274 g/mol. The molecule has 17 heavy (non-hydrogen) atoms. The summed E-state index contributed by atoms with van der Waals surface area (Å²) in [6, 6.07) is 0. The molecule has 4 nitrogen and oxygen atoms in total. The molecule has 0 bridgehead atoms. The first-order valence-electron chi connectivity index (χ1n) is 5.21. The standard InChI is InChI=1S/C9H13F3O4S/c10-9(11,12)8(17(14,15)16)7(13)6-4-2-1-3-5-6/h6,8H,1-5H2,(H,14,15,16). The van der Waals surface area contributed by atoms with E-state index in [1.807, 2.05) is 0 Å². The molecule has 0 aromatic rings. The van der Waals surface area contributed by atoms with Gasteiger partial charge in [0.25, 0.3) is 10.1 Å². The van der Waals surface area contributed by atoms with Crippen LogP contribution in [0.3, 0.4) is 0 Å². The summed E-state index contributed by atoms with van der Waals surface area (Å²) in [5.41, 5.74) is 0. The van der Waals surface area contributed by atoms with Gasteiger partial charge in [-0.3, -0.25) is 9.35 Å². The summed E-state index contributed by atoms with van der Waals surface area (Å²) in [4.78, 5) is 11.5. The van der Waals surface area contributed by atoms with Crippen molar-refractivity contribution in [2.75, 3.05) is 0 Å². The molecule has 1 rings (SSSR count). The van der Waals surface area contributed by atoms with E-state index in [0.29, 0.717) is 12.8 Å². The minimum atomic E-state index is -5.45. The van der Waals surface area contributed by atoms with Gasteiger partial charge in [-0.15, -0.1) is 0 Å². The Kier molecular flexibility index (Phi) is 4.19. The van der Waals surface area contributed by atoms with Gasteiger partial charge in [-0.05, 0) is 12.8 Å². The highest BCUT2D eigenvalue weighted by atomic mass is 32.2. The van der Waals surface area contributed by atoms with Crippen LogP contribution < -0.4 is 0 Å². The topological polar surface area (TPSA) is 71.4 Å². The lowest BCUT2D eigenvalue weighted by Crippen LogP contribution is -2.46. The molecule has 0 radical (unpaired) electrons. The van der Waals surface area contributed by atoms with Crippen molar-refractivity contribution in [2.45, 2.75) is 43.5 Å². The van der Waals surface area contributed by atoms with E-state index < -0.39 is 33.2 Å². The number of hydrogen-bond donors (Lipinski definition) is 1. The van der Waals surface area contributed by atoms with Crippen molar-refractivity contribution >= 4 is 15.9 Å². The molecule has 0 heterocycles. The molecule has 1 atom stereocenters. The minimum Gasteiger partial charge on any atom is -0.297 e. The van der Waals surface area contributed by atoms with Crippen LogP contribution in [0.2, 0.25) is 0 Å². The number of Topliss-reactive ketones (excluding diaryl/α,β-unsaturated/α-hetero) is 1. The molecule has 0 aromatic carbocycles. The summed E-state index contributed by atoms with van der Waals surface area (Å²) < 4.78 is 67.3. The third-order valence-electron chi connectivity index (χ3n) is 2.86. The monoisotopic (exact) mass is 274 g/mol. The van der Waals surface area contributed by atoms with Crippen molar-refractivity contribution in [3.05, 3.63) is 0 Å². The van der Waals surface area contributed by atoms with E-state index in [9.17, 15) is 26.4 Å². The van der Waals surface area contributed by atoms with Crippen molar-refractivity contribution in [1.82, 2.24) is 0 Å². The Hall–Kier alpha value is -0.630. The highest BCUT2D eigenvalue weighted by molar-refractivity contribution is 7.87. The van der Waals surface area contributed by atoms with Gasteiger partial charge < -0.3 is 0 Å². The summed E-state index contributed by atoms with van der Waals surface area (Å²) in [5.74, 6) is -2.35. The zero-order valence-corrected chi connectivity index (χ0v) is 9.72. The zero-order valence-electron chi connectivity index (χ0n) is 8.90. The molecule has 0 aliphatic heterocycles. The molecule has 100 valence electrons. The van der Waals surface area contributed by atoms with Crippen LogP contribution >= 0.6 is 0 Å². The number of carbonyl (C=O) groups excluding carboxylic acids is 1. The number of carbonyl (C=O) groups is 1. The Balaban J connectivity index is 2.95. The second-order valence-corrected chi connectivity index (χ2v) is 5.68. The van der Waals surface area contributed by atoms with E-state index in [-0.39, 0.29) is 12.8 Å². The summed E-state index contributed by atoms with van der Waals surface area (Å²) in [7, 11) is -5.45. The Labute approximate surface area is 96.9 Å². The van der Waals surface area contributed by atoms with Gasteiger partial charge in [0, 0.05) is 5.92 Å². The maximum atomic E-state index is 12.5. The molecular formula is C9H13F3O4S. The zero-order chi connectivity index (χ0) is 13.3. The number of alkyl halides is 3. The van der Waals surface area contributed by atoms with Crippen molar-refractivity contribution < 1.29 is 30.9 Å². The van der Waals surface area contributed by atoms with E-state index in [1.54, 1.807) is 0 Å². The molecule has 1 saturated carbocycles. The van der Waals surface area contributed by atoms with Gasteiger partial charge >= 0.3 is 6.18 Å². The number of rotatable bonds is 3. The average Bonchev–Trinajstić information content (AvgIpc) is 2.14. The van der Waals surface area contributed by atoms with Gasteiger partial charge in [0.1, 0.15) is 0 Å². The van der Waals surface area contributed by atoms with E-state index in [4.69, 9.17) is 4.55 Å². The van der Waals surface area contributed by atoms with Gasteiger partial charge in [0.2, 0.25) is 5.25 Å². The van der Waals surface area contributed by atoms with Crippen molar-refractivity contribution in [3.8, 4) is 0 Å². The second-order valence-electron chi connectivity index (χ2n) is 4.17. The summed E-state index contributed by atoms with van der Waals surface area (Å²) >= 11 is 0. The molecule has 1 aliphatic carbocycles. The first-order valence-corrected chi connectivity index (χ1v) is 6.71. The Morgan fingerprint density at radius 2 is 1.65 bits per heavy atom. The molecule has 0 saturated heterocycles. The second kappa shape index (κ2) is 4.93. The predicted octanol–water partition coefficient (Wildman–Crippen LogP) is 1.95. The van der Waals surface area contributed by atoms with Crippen LogP contribution in [0, 0.1) is 5.92 Å². The minimum absolute atomic E-state index is 0.251. The van der Waals surface area contributed by atoms with Crippen LogP contribution in [0.25, 0.3) is 0 Å². The molecule has 8 heteroatoms. The maximum Gasteiger partial charge on any atom is 0.414 e. The van der Waals surface area contributed by atoms with Crippen LogP contribution in [-0.2, 0) is 14.9 Å². The lowest BCUT2D eigenvalue weighted by Gasteiger charge is -2.24. The Morgan fingerprint density at radius 3 is 2.00 bits per heavy atom. The largest absolute Gasteiger partial charge is 0.414 e. The molecule has 1 unspecified atom stereocenters. The molecule has 0 aromatic heterocycles. The Bertz CT molecular complexity index is 382. The molecule has 0 amide bonds.